The summed E-state index contributed by atoms with van der Waals surface area (Å²) in [5.41, 5.74) is 1.44. The first kappa shape index (κ1) is 18.4. The molecule has 3 aromatic rings. The Morgan fingerprint density at radius 1 is 1.07 bits per heavy atom. The quantitative estimate of drug-likeness (QED) is 0.744. The molecule has 0 spiro atoms. The smallest absolute Gasteiger partial charge is 0.240 e. The van der Waals surface area contributed by atoms with Gasteiger partial charge in [0.05, 0.1) is 17.5 Å². The molecule has 1 saturated heterocycles. The van der Waals surface area contributed by atoms with Crippen molar-refractivity contribution in [2.75, 3.05) is 25.0 Å². The van der Waals surface area contributed by atoms with Crippen LogP contribution in [-0.2, 0) is 4.79 Å². The van der Waals surface area contributed by atoms with Gasteiger partial charge in [-0.15, -0.1) is 0 Å². The van der Waals surface area contributed by atoms with Gasteiger partial charge in [0.1, 0.15) is 5.58 Å². The van der Waals surface area contributed by atoms with Crippen LogP contribution in [0.3, 0.4) is 0 Å². The Balaban J connectivity index is 1.67. The molecule has 1 amide bonds. The molecule has 0 atom stereocenters. The van der Waals surface area contributed by atoms with Gasteiger partial charge >= 0.3 is 0 Å². The predicted molar refractivity (Wildman–Crippen MR) is 111 cm³/mol. The Hall–Kier alpha value is -2.92. The number of carbonyl (C=O) groups is 1. The van der Waals surface area contributed by atoms with Crippen LogP contribution in [0.1, 0.15) is 19.8 Å². The summed E-state index contributed by atoms with van der Waals surface area (Å²) in [6.45, 7) is 4.38. The maximum Gasteiger partial charge on any atom is 0.240 e. The van der Waals surface area contributed by atoms with E-state index in [-0.39, 0.29) is 17.2 Å². The number of rotatable bonds is 4. The minimum Gasteiger partial charge on any atom is -0.439 e. The first-order chi connectivity index (χ1) is 13.6. The number of amides is 1. The molecular formula is C23H24N2O3. The van der Waals surface area contributed by atoms with E-state index in [1.165, 1.54) is 0 Å². The van der Waals surface area contributed by atoms with Gasteiger partial charge in [-0.3, -0.25) is 19.8 Å². The van der Waals surface area contributed by atoms with Gasteiger partial charge < -0.3 is 4.42 Å². The number of hydrogen-bond donors (Lipinski definition) is 1. The molecule has 144 valence electrons. The van der Waals surface area contributed by atoms with E-state index in [2.05, 4.69) is 17.1 Å². The molecule has 5 heteroatoms. The third kappa shape index (κ3) is 3.85. The Labute approximate surface area is 164 Å². The lowest BCUT2D eigenvalue weighted by Crippen LogP contribution is -2.38. The Bertz CT molecular complexity index is 1030. The number of nitrogens with zero attached hydrogens (tertiary/aromatic N) is 1. The van der Waals surface area contributed by atoms with E-state index < -0.39 is 0 Å². The van der Waals surface area contributed by atoms with Crippen LogP contribution >= 0.6 is 0 Å². The highest BCUT2D eigenvalue weighted by Gasteiger charge is 2.21. The fourth-order valence-corrected chi connectivity index (χ4v) is 3.69. The lowest BCUT2D eigenvalue weighted by Gasteiger charge is -2.29. The molecule has 2 heterocycles. The van der Waals surface area contributed by atoms with E-state index in [1.807, 2.05) is 42.5 Å². The van der Waals surface area contributed by atoms with Gasteiger partial charge in [0, 0.05) is 0 Å². The average Bonchev–Trinajstić information content (AvgIpc) is 2.71. The van der Waals surface area contributed by atoms with Crippen LogP contribution in [0.4, 0.5) is 5.88 Å². The van der Waals surface area contributed by atoms with E-state index in [9.17, 15) is 9.59 Å². The van der Waals surface area contributed by atoms with Crippen LogP contribution in [0.25, 0.3) is 22.1 Å². The molecule has 0 aliphatic carbocycles. The molecule has 0 bridgehead atoms. The van der Waals surface area contributed by atoms with Crippen molar-refractivity contribution < 1.29 is 9.21 Å². The number of piperidine rings is 1. The zero-order chi connectivity index (χ0) is 19.5. The minimum absolute atomic E-state index is 0.143. The highest BCUT2D eigenvalue weighted by atomic mass is 16.4. The fourth-order valence-electron chi connectivity index (χ4n) is 3.69. The first-order valence-electron chi connectivity index (χ1n) is 9.75. The molecule has 0 unspecified atom stereocenters. The molecule has 1 aromatic heterocycles. The molecule has 1 aliphatic heterocycles. The number of likely N-dealkylation sites (tertiary alicyclic amines) is 1. The molecule has 5 nitrogen and oxygen atoms in total. The maximum atomic E-state index is 13.1. The summed E-state index contributed by atoms with van der Waals surface area (Å²) < 4.78 is 5.95. The lowest BCUT2D eigenvalue weighted by atomic mass is 9.99. The summed E-state index contributed by atoms with van der Waals surface area (Å²) in [4.78, 5) is 28.0. The summed E-state index contributed by atoms with van der Waals surface area (Å²) in [6.07, 6.45) is 2.21. The molecule has 28 heavy (non-hydrogen) atoms. The summed E-state index contributed by atoms with van der Waals surface area (Å²) in [5.74, 6) is 0.762. The topological polar surface area (TPSA) is 62.6 Å². The van der Waals surface area contributed by atoms with Crippen LogP contribution in [-0.4, -0.2) is 30.4 Å². The van der Waals surface area contributed by atoms with E-state index in [4.69, 9.17) is 4.42 Å². The van der Waals surface area contributed by atoms with Crippen molar-refractivity contribution in [3.63, 3.8) is 0 Å². The van der Waals surface area contributed by atoms with Gasteiger partial charge in [0.25, 0.3) is 0 Å². The van der Waals surface area contributed by atoms with Crippen LogP contribution in [0.15, 0.2) is 63.8 Å². The second-order valence-corrected chi connectivity index (χ2v) is 7.50. The largest absolute Gasteiger partial charge is 0.439 e. The van der Waals surface area contributed by atoms with Crippen molar-refractivity contribution in [3.05, 3.63) is 64.8 Å². The van der Waals surface area contributed by atoms with Crippen LogP contribution in [0.2, 0.25) is 0 Å². The second kappa shape index (κ2) is 7.98. The number of anilines is 1. The monoisotopic (exact) mass is 376 g/mol. The van der Waals surface area contributed by atoms with E-state index >= 15 is 0 Å². The third-order valence-corrected chi connectivity index (χ3v) is 5.36. The minimum atomic E-state index is -0.162. The van der Waals surface area contributed by atoms with Gasteiger partial charge in [-0.25, -0.2) is 0 Å². The van der Waals surface area contributed by atoms with Gasteiger partial charge in [-0.2, -0.15) is 0 Å². The number of benzene rings is 2. The lowest BCUT2D eigenvalue weighted by molar-refractivity contribution is -0.117. The molecule has 1 aliphatic rings. The Kier molecular flexibility index (Phi) is 5.26. The van der Waals surface area contributed by atoms with E-state index in [0.29, 0.717) is 29.0 Å². The van der Waals surface area contributed by atoms with E-state index in [1.54, 1.807) is 12.1 Å². The highest BCUT2D eigenvalue weighted by molar-refractivity contribution is 5.97. The Morgan fingerprint density at radius 2 is 1.75 bits per heavy atom. The number of nitrogens with one attached hydrogen (secondary N) is 1. The number of hydrogen-bond acceptors (Lipinski definition) is 4. The third-order valence-electron chi connectivity index (χ3n) is 5.36. The predicted octanol–water partition coefficient (Wildman–Crippen LogP) is 4.13. The van der Waals surface area contributed by atoms with Crippen molar-refractivity contribution in [1.82, 2.24) is 4.90 Å². The van der Waals surface area contributed by atoms with E-state index in [0.717, 1.165) is 31.5 Å². The molecule has 2 aromatic carbocycles. The fraction of sp³-hybridized carbons (Fsp3) is 0.304. The highest BCUT2D eigenvalue weighted by Crippen LogP contribution is 2.28. The summed E-state index contributed by atoms with van der Waals surface area (Å²) in [7, 11) is 0. The average molecular weight is 376 g/mol. The van der Waals surface area contributed by atoms with Gasteiger partial charge in [-0.1, -0.05) is 49.4 Å². The molecule has 0 saturated carbocycles. The zero-order valence-corrected chi connectivity index (χ0v) is 16.0. The SMILES string of the molecule is CC1CCN(CC(=O)Nc2oc3ccccc3c(=O)c2-c2ccccc2)CC1. The van der Waals surface area contributed by atoms with Crippen molar-refractivity contribution in [3.8, 4) is 11.1 Å². The van der Waals surface area contributed by atoms with Crippen molar-refractivity contribution in [2.45, 2.75) is 19.8 Å². The van der Waals surface area contributed by atoms with Gasteiger partial charge in [-0.05, 0) is 49.5 Å². The normalized spacial score (nSPS) is 15.6. The summed E-state index contributed by atoms with van der Waals surface area (Å²) in [5, 5.41) is 3.36. The van der Waals surface area contributed by atoms with Crippen LogP contribution in [0.5, 0.6) is 0 Å². The summed E-state index contributed by atoms with van der Waals surface area (Å²) in [6, 6.07) is 16.4. The molecule has 0 radical (unpaired) electrons. The molecule has 4 rings (SSSR count). The first-order valence-corrected chi connectivity index (χ1v) is 9.75. The molecule has 1 N–H and O–H groups in total. The maximum absolute atomic E-state index is 13.1. The number of para-hydroxylation sites is 1. The van der Waals surface area contributed by atoms with Crippen molar-refractivity contribution in [2.24, 2.45) is 5.92 Å². The van der Waals surface area contributed by atoms with Gasteiger partial charge in [0.2, 0.25) is 17.2 Å². The summed E-state index contributed by atoms with van der Waals surface area (Å²) >= 11 is 0. The van der Waals surface area contributed by atoms with Crippen LogP contribution < -0.4 is 10.7 Å². The number of fused-ring (bicyclic) bond motifs is 1. The number of carbonyl (C=O) groups excluding carboxylic acids is 1. The zero-order valence-electron chi connectivity index (χ0n) is 16.0. The Morgan fingerprint density at radius 3 is 2.50 bits per heavy atom. The molecular weight excluding hydrogens is 352 g/mol. The van der Waals surface area contributed by atoms with Crippen molar-refractivity contribution >= 4 is 22.8 Å². The second-order valence-electron chi connectivity index (χ2n) is 7.50. The standard InChI is InChI=1S/C23H24N2O3/c1-16-11-13-25(14-12-16)15-20(26)24-23-21(17-7-3-2-4-8-17)22(27)18-9-5-6-10-19(18)28-23/h2-10,16H,11-15H2,1H3,(H,24,26). The van der Waals surface area contributed by atoms with Crippen LogP contribution in [0, 0.1) is 5.92 Å². The van der Waals surface area contributed by atoms with Crippen molar-refractivity contribution in [1.29, 1.82) is 0 Å². The molecule has 1 fully saturated rings. The van der Waals surface area contributed by atoms with Gasteiger partial charge in [0.15, 0.2) is 0 Å².